The van der Waals surface area contributed by atoms with Crippen molar-refractivity contribution in [2.45, 2.75) is 35.9 Å². The number of sulfone groups is 1. The lowest BCUT2D eigenvalue weighted by Gasteiger charge is -2.33. The molecule has 1 spiro atoms. The molecule has 0 aliphatic carbocycles. The summed E-state index contributed by atoms with van der Waals surface area (Å²) in [4.78, 5) is 21.7. The third-order valence-electron chi connectivity index (χ3n) is 8.21. The first-order valence-corrected chi connectivity index (χ1v) is 17.3. The molecule has 11 heteroatoms. The molecular formula is C35H32Cl2N2O6S. The first-order valence-electron chi connectivity index (χ1n) is 14.9. The number of aliphatic imine (C=N–C) groups is 1. The Balaban J connectivity index is 1.42. The maximum Gasteiger partial charge on any atom is 0.255 e. The van der Waals surface area contributed by atoms with Crippen LogP contribution in [0.15, 0.2) is 107 Å². The highest BCUT2D eigenvalue weighted by Gasteiger charge is 2.56. The van der Waals surface area contributed by atoms with Gasteiger partial charge in [0.1, 0.15) is 5.75 Å². The molecule has 6 rings (SSSR count). The minimum atomic E-state index is -3.67. The average molecular weight is 680 g/mol. The Morgan fingerprint density at radius 1 is 0.957 bits per heavy atom. The fourth-order valence-corrected chi connectivity index (χ4v) is 7.62. The normalized spacial score (nSPS) is 19.4. The third kappa shape index (κ3) is 6.51. The lowest BCUT2D eigenvalue weighted by Crippen LogP contribution is -2.51. The number of benzene rings is 4. The molecule has 238 valence electrons. The number of aliphatic hydroxyl groups is 1. The molecule has 2 heterocycles. The first-order chi connectivity index (χ1) is 22.2. The second-order valence-electron chi connectivity index (χ2n) is 11.3. The molecule has 4 aromatic carbocycles. The molecular weight excluding hydrogens is 647 g/mol. The van der Waals surface area contributed by atoms with Gasteiger partial charge < -0.3 is 19.5 Å². The second-order valence-corrected chi connectivity index (χ2v) is 14.2. The Morgan fingerprint density at radius 3 is 2.39 bits per heavy atom. The van der Waals surface area contributed by atoms with Crippen molar-refractivity contribution in [1.29, 1.82) is 0 Å². The molecule has 0 saturated heterocycles. The maximum atomic E-state index is 14.9. The van der Waals surface area contributed by atoms with Crippen LogP contribution in [0, 0.1) is 0 Å². The summed E-state index contributed by atoms with van der Waals surface area (Å²) < 4.78 is 38.8. The van der Waals surface area contributed by atoms with Crippen LogP contribution in [-0.4, -0.2) is 61.3 Å². The molecule has 4 aromatic rings. The molecule has 0 fully saturated rings. The van der Waals surface area contributed by atoms with E-state index in [9.17, 15) is 13.2 Å². The minimum absolute atomic E-state index is 0.0336. The Hall–Kier alpha value is -3.89. The van der Waals surface area contributed by atoms with Crippen molar-refractivity contribution >= 4 is 44.8 Å². The predicted molar refractivity (Wildman–Crippen MR) is 177 cm³/mol. The van der Waals surface area contributed by atoms with Crippen LogP contribution < -0.4 is 4.74 Å². The number of carbonyl (C=O) groups excluding carboxylic acids is 1. The minimum Gasteiger partial charge on any atom is -0.494 e. The van der Waals surface area contributed by atoms with E-state index in [1.54, 1.807) is 77.7 Å². The van der Waals surface area contributed by atoms with Gasteiger partial charge in [-0.1, -0.05) is 71.7 Å². The van der Waals surface area contributed by atoms with Crippen molar-refractivity contribution in [3.05, 3.63) is 129 Å². The number of amides is 1. The van der Waals surface area contributed by atoms with E-state index in [1.807, 2.05) is 24.3 Å². The highest BCUT2D eigenvalue weighted by atomic mass is 35.5. The van der Waals surface area contributed by atoms with E-state index in [0.717, 1.165) is 11.1 Å². The van der Waals surface area contributed by atoms with E-state index in [2.05, 4.69) is 0 Å². The number of ether oxygens (including phenoxy) is 2. The summed E-state index contributed by atoms with van der Waals surface area (Å²) in [7, 11) is -3.67. The van der Waals surface area contributed by atoms with E-state index in [1.165, 1.54) is 0 Å². The molecule has 46 heavy (non-hydrogen) atoms. The van der Waals surface area contributed by atoms with Crippen LogP contribution in [0.1, 0.15) is 34.8 Å². The van der Waals surface area contributed by atoms with E-state index >= 15 is 0 Å². The molecule has 0 radical (unpaired) electrons. The maximum absolute atomic E-state index is 14.9. The SMILES string of the molecule is O=C1N(CCS(=O)(=O)c2ccccc2)Cc2ccccc2C[C@]12N=C(c1ccc(OCCCO)cc1)O[C@@H]2c1ccc(Cl)cc1Cl. The van der Waals surface area contributed by atoms with Gasteiger partial charge in [-0.3, -0.25) is 4.79 Å². The van der Waals surface area contributed by atoms with Gasteiger partial charge in [0.25, 0.3) is 5.91 Å². The fraction of sp³-hybridized carbons (Fsp3) is 0.257. The van der Waals surface area contributed by atoms with Crippen LogP contribution in [0.5, 0.6) is 5.75 Å². The number of hydrogen-bond donors (Lipinski definition) is 1. The molecule has 8 nitrogen and oxygen atoms in total. The Labute approximate surface area is 278 Å². The van der Waals surface area contributed by atoms with Crippen molar-refractivity contribution in [2.75, 3.05) is 25.5 Å². The molecule has 2 aliphatic heterocycles. The average Bonchev–Trinajstić information content (AvgIpc) is 3.38. The van der Waals surface area contributed by atoms with E-state index < -0.39 is 21.5 Å². The quantitative estimate of drug-likeness (QED) is 0.204. The van der Waals surface area contributed by atoms with Crippen molar-refractivity contribution in [2.24, 2.45) is 4.99 Å². The van der Waals surface area contributed by atoms with Crippen molar-refractivity contribution in [1.82, 2.24) is 4.90 Å². The van der Waals surface area contributed by atoms with Gasteiger partial charge in [-0.25, -0.2) is 13.4 Å². The second kappa shape index (κ2) is 13.5. The van der Waals surface area contributed by atoms with Crippen molar-refractivity contribution in [3.8, 4) is 5.75 Å². The van der Waals surface area contributed by atoms with Gasteiger partial charge in [0.15, 0.2) is 21.5 Å². The summed E-state index contributed by atoms with van der Waals surface area (Å²) in [5.74, 6) is 0.250. The molecule has 2 aliphatic rings. The zero-order valence-electron chi connectivity index (χ0n) is 24.8. The highest BCUT2D eigenvalue weighted by Crippen LogP contribution is 2.47. The van der Waals surface area contributed by atoms with Gasteiger partial charge in [-0.05, 0) is 59.7 Å². The predicted octanol–water partition coefficient (Wildman–Crippen LogP) is 6.07. The topological polar surface area (TPSA) is 106 Å². The number of halogens is 2. The summed E-state index contributed by atoms with van der Waals surface area (Å²) in [6.45, 7) is 0.577. The Bertz CT molecular complexity index is 1870. The molecule has 1 amide bonds. The summed E-state index contributed by atoms with van der Waals surface area (Å²) in [5, 5.41) is 9.82. The third-order valence-corrected chi connectivity index (χ3v) is 10.5. The number of fused-ring (bicyclic) bond motifs is 1. The zero-order valence-corrected chi connectivity index (χ0v) is 27.1. The van der Waals surface area contributed by atoms with Crippen molar-refractivity contribution < 1.29 is 27.8 Å². The molecule has 1 N–H and O–H groups in total. The van der Waals surface area contributed by atoms with Crippen LogP contribution in [0.2, 0.25) is 10.0 Å². The molecule has 0 unspecified atom stereocenters. The molecule has 0 saturated carbocycles. The largest absolute Gasteiger partial charge is 0.494 e. The van der Waals surface area contributed by atoms with Gasteiger partial charge in [-0.15, -0.1) is 0 Å². The Kier molecular flexibility index (Phi) is 9.38. The standard InChI is InChI=1S/C35H32Cl2N2O6S/c36-27-13-16-30(31(37)21-27)32-35(38-33(45-32)24-11-14-28(15-12-24)44-19-6-18-40)22-25-7-4-5-8-26(25)23-39(34(35)41)17-20-46(42,43)29-9-2-1-3-10-29/h1-5,7-16,21,32,40H,6,17-20,22-23H2/t32-,35-/m1/s1. The zero-order chi connectivity index (χ0) is 32.3. The summed E-state index contributed by atoms with van der Waals surface area (Å²) in [6.07, 6.45) is -0.213. The molecule has 0 bridgehead atoms. The fourth-order valence-electron chi connectivity index (χ4n) is 5.84. The van der Waals surface area contributed by atoms with E-state index in [4.69, 9.17) is 42.8 Å². The van der Waals surface area contributed by atoms with Crippen LogP contribution in [-0.2, 0) is 32.3 Å². The lowest BCUT2D eigenvalue weighted by molar-refractivity contribution is -0.139. The summed E-state index contributed by atoms with van der Waals surface area (Å²) >= 11 is 13.0. The van der Waals surface area contributed by atoms with Gasteiger partial charge in [0.05, 0.1) is 17.3 Å². The monoisotopic (exact) mass is 678 g/mol. The lowest BCUT2D eigenvalue weighted by atomic mass is 9.82. The number of nitrogens with zero attached hydrogens (tertiary/aromatic N) is 2. The number of aliphatic hydroxyl groups excluding tert-OH is 1. The molecule has 2 atom stereocenters. The van der Waals surface area contributed by atoms with Crippen LogP contribution in [0.25, 0.3) is 0 Å². The molecule has 0 aromatic heterocycles. The van der Waals surface area contributed by atoms with Gasteiger partial charge in [0.2, 0.25) is 5.90 Å². The van der Waals surface area contributed by atoms with E-state index in [-0.39, 0.29) is 48.6 Å². The van der Waals surface area contributed by atoms with Crippen LogP contribution in [0.3, 0.4) is 0 Å². The van der Waals surface area contributed by atoms with Crippen LogP contribution >= 0.6 is 23.2 Å². The summed E-state index contributed by atoms with van der Waals surface area (Å²) in [6, 6.07) is 28.1. The highest BCUT2D eigenvalue weighted by molar-refractivity contribution is 7.91. The van der Waals surface area contributed by atoms with E-state index in [0.29, 0.717) is 39.9 Å². The summed E-state index contributed by atoms with van der Waals surface area (Å²) in [5.41, 5.74) is 1.48. The number of hydrogen-bond acceptors (Lipinski definition) is 7. The Morgan fingerprint density at radius 2 is 1.67 bits per heavy atom. The first kappa shape index (κ1) is 32.1. The number of carbonyl (C=O) groups is 1. The smallest absolute Gasteiger partial charge is 0.255 e. The van der Waals surface area contributed by atoms with Gasteiger partial charge >= 0.3 is 0 Å². The van der Waals surface area contributed by atoms with Gasteiger partial charge in [0, 0.05) is 53.7 Å². The van der Waals surface area contributed by atoms with Gasteiger partial charge in [-0.2, -0.15) is 0 Å². The number of rotatable bonds is 10. The van der Waals surface area contributed by atoms with Crippen LogP contribution in [0.4, 0.5) is 0 Å². The van der Waals surface area contributed by atoms with Crippen molar-refractivity contribution in [3.63, 3.8) is 0 Å².